The zero-order chi connectivity index (χ0) is 16.7. The Morgan fingerprint density at radius 1 is 1.43 bits per heavy atom. The highest BCUT2D eigenvalue weighted by Crippen LogP contribution is 2.30. The van der Waals surface area contributed by atoms with Gasteiger partial charge in [0.05, 0.1) is 19.3 Å². The van der Waals surface area contributed by atoms with Crippen LogP contribution in [0.3, 0.4) is 0 Å². The van der Waals surface area contributed by atoms with Crippen LogP contribution in [0.15, 0.2) is 29.3 Å². The first kappa shape index (κ1) is 16.9. The molecule has 1 heterocycles. The van der Waals surface area contributed by atoms with E-state index in [0.29, 0.717) is 5.96 Å². The van der Waals surface area contributed by atoms with E-state index in [1.54, 1.807) is 21.2 Å². The zero-order valence-corrected chi connectivity index (χ0v) is 13.9. The number of hydrogen-bond acceptors (Lipinski definition) is 4. The summed E-state index contributed by atoms with van der Waals surface area (Å²) in [6, 6.07) is 8.30. The monoisotopic (exact) mass is 319 g/mol. The average molecular weight is 319 g/mol. The summed E-state index contributed by atoms with van der Waals surface area (Å²) in [7, 11) is 5.00. The summed E-state index contributed by atoms with van der Waals surface area (Å²) in [6.07, 6.45) is 0.999. The number of benzene rings is 1. The lowest BCUT2D eigenvalue weighted by Gasteiger charge is -2.22. The molecule has 1 atom stereocenters. The van der Waals surface area contributed by atoms with Gasteiger partial charge in [0.1, 0.15) is 5.75 Å². The van der Waals surface area contributed by atoms with E-state index in [4.69, 9.17) is 4.74 Å². The molecule has 0 aromatic heterocycles. The Balaban J connectivity index is 1.90. The number of ether oxygens (including phenoxy) is 1. The highest BCUT2D eigenvalue weighted by Gasteiger charge is 2.25. The number of aliphatic imine (C=N–C) groups is 1. The second kappa shape index (κ2) is 8.26. The summed E-state index contributed by atoms with van der Waals surface area (Å²) in [5.74, 6) is 1.45. The largest absolute Gasteiger partial charge is 0.495 e. The third-order valence-electron chi connectivity index (χ3n) is 3.87. The van der Waals surface area contributed by atoms with Gasteiger partial charge in [-0.2, -0.15) is 0 Å². The molecule has 3 N–H and O–H groups in total. The highest BCUT2D eigenvalue weighted by atomic mass is 16.5. The first-order valence-corrected chi connectivity index (χ1v) is 7.73. The molecule has 0 radical (unpaired) electrons. The molecule has 1 amide bonds. The number of rotatable bonds is 5. The predicted octanol–water partition coefficient (Wildman–Crippen LogP) is 0.185. The molecule has 1 unspecified atom stereocenters. The van der Waals surface area contributed by atoms with Crippen LogP contribution < -0.4 is 25.6 Å². The molecule has 1 aromatic rings. The lowest BCUT2D eigenvalue weighted by atomic mass is 10.2. The number of carbonyl (C=O) groups is 1. The predicted molar refractivity (Wildman–Crippen MR) is 92.2 cm³/mol. The highest BCUT2D eigenvalue weighted by molar-refractivity contribution is 5.86. The second-order valence-electron chi connectivity index (χ2n) is 5.35. The maximum Gasteiger partial charge on any atom is 0.239 e. The van der Waals surface area contributed by atoms with E-state index in [9.17, 15) is 4.79 Å². The minimum absolute atomic E-state index is 0.0741. The van der Waals surface area contributed by atoms with E-state index < -0.39 is 0 Å². The Kier molecular flexibility index (Phi) is 6.08. The van der Waals surface area contributed by atoms with Crippen molar-refractivity contribution in [3.05, 3.63) is 24.3 Å². The number of nitrogens with zero attached hydrogens (tertiary/aromatic N) is 2. The number of hydrogen-bond donors (Lipinski definition) is 3. The Hall–Kier alpha value is -2.44. The van der Waals surface area contributed by atoms with Crippen molar-refractivity contribution < 1.29 is 9.53 Å². The molecule has 23 heavy (non-hydrogen) atoms. The summed E-state index contributed by atoms with van der Waals surface area (Å²) in [5, 5.41) is 8.94. The van der Waals surface area contributed by atoms with E-state index in [1.807, 2.05) is 18.2 Å². The Labute approximate surface area is 137 Å². The van der Waals surface area contributed by atoms with Crippen LogP contribution in [0.2, 0.25) is 0 Å². The second-order valence-corrected chi connectivity index (χ2v) is 5.35. The molecule has 0 spiro atoms. The van der Waals surface area contributed by atoms with Gasteiger partial charge in [-0.1, -0.05) is 12.1 Å². The Morgan fingerprint density at radius 2 is 2.22 bits per heavy atom. The van der Waals surface area contributed by atoms with Crippen molar-refractivity contribution >= 4 is 17.6 Å². The van der Waals surface area contributed by atoms with Gasteiger partial charge in [-0.3, -0.25) is 9.79 Å². The number of nitrogens with one attached hydrogen (secondary N) is 3. The van der Waals surface area contributed by atoms with Crippen LogP contribution in [0.1, 0.15) is 6.42 Å². The average Bonchev–Trinajstić information content (AvgIpc) is 3.06. The molecule has 1 aliphatic heterocycles. The molecule has 0 aliphatic carbocycles. The number of carbonyl (C=O) groups excluding carboxylic acids is 1. The molecule has 7 heteroatoms. The first-order valence-electron chi connectivity index (χ1n) is 7.73. The number of amides is 1. The molecule has 1 fully saturated rings. The minimum atomic E-state index is -0.0741. The number of para-hydroxylation sites is 2. The van der Waals surface area contributed by atoms with Crippen molar-refractivity contribution in [2.75, 3.05) is 45.7 Å². The van der Waals surface area contributed by atoms with E-state index in [-0.39, 0.29) is 18.5 Å². The summed E-state index contributed by atoms with van der Waals surface area (Å²) in [5.41, 5.74) is 1.10. The number of anilines is 1. The van der Waals surface area contributed by atoms with Crippen molar-refractivity contribution in [1.82, 2.24) is 16.0 Å². The van der Waals surface area contributed by atoms with Crippen molar-refractivity contribution in [2.45, 2.75) is 12.5 Å². The van der Waals surface area contributed by atoms with E-state index in [2.05, 4.69) is 31.9 Å². The third-order valence-corrected chi connectivity index (χ3v) is 3.87. The fraction of sp³-hybridized carbons (Fsp3) is 0.500. The molecule has 1 aliphatic rings. The number of guanidine groups is 1. The quantitative estimate of drug-likeness (QED) is 0.533. The fourth-order valence-corrected chi connectivity index (χ4v) is 2.63. The molecule has 0 saturated carbocycles. The third kappa shape index (κ3) is 4.51. The SMILES string of the molecule is CN=C(NCC(=O)NC)NC1CCN(c2ccccc2OC)C1. The molecule has 0 bridgehead atoms. The molecule has 1 aromatic carbocycles. The van der Waals surface area contributed by atoms with Crippen LogP contribution >= 0.6 is 0 Å². The minimum Gasteiger partial charge on any atom is -0.495 e. The molecular weight excluding hydrogens is 294 g/mol. The van der Waals surface area contributed by atoms with Gasteiger partial charge in [-0.15, -0.1) is 0 Å². The van der Waals surface area contributed by atoms with Gasteiger partial charge in [0.15, 0.2) is 5.96 Å². The standard InChI is InChI=1S/C16H25N5O2/c1-17-15(22)10-19-16(18-2)20-12-8-9-21(11-12)13-6-4-5-7-14(13)23-3/h4-7,12H,8-11H2,1-3H3,(H,17,22)(H2,18,19,20). The van der Waals surface area contributed by atoms with Crippen LogP contribution in [0.25, 0.3) is 0 Å². The Morgan fingerprint density at radius 3 is 2.91 bits per heavy atom. The normalized spacial score (nSPS) is 17.8. The molecule has 1 saturated heterocycles. The summed E-state index contributed by atoms with van der Waals surface area (Å²) >= 11 is 0. The van der Waals surface area contributed by atoms with Crippen LogP contribution in [-0.4, -0.2) is 58.7 Å². The number of likely N-dealkylation sites (N-methyl/N-ethyl adjacent to an activating group) is 1. The van der Waals surface area contributed by atoms with Crippen LogP contribution in [-0.2, 0) is 4.79 Å². The lowest BCUT2D eigenvalue weighted by molar-refractivity contribution is -0.119. The van der Waals surface area contributed by atoms with Crippen molar-refractivity contribution in [2.24, 2.45) is 4.99 Å². The lowest BCUT2D eigenvalue weighted by Crippen LogP contribution is -2.47. The van der Waals surface area contributed by atoms with Gasteiger partial charge in [0.2, 0.25) is 5.91 Å². The fourth-order valence-electron chi connectivity index (χ4n) is 2.63. The maximum atomic E-state index is 11.3. The molecule has 126 valence electrons. The van der Waals surface area contributed by atoms with Gasteiger partial charge >= 0.3 is 0 Å². The van der Waals surface area contributed by atoms with Gasteiger partial charge in [0.25, 0.3) is 0 Å². The molecule has 7 nitrogen and oxygen atoms in total. The molecule has 2 rings (SSSR count). The first-order chi connectivity index (χ1) is 11.2. The molecular formula is C16H25N5O2. The smallest absolute Gasteiger partial charge is 0.239 e. The van der Waals surface area contributed by atoms with Gasteiger partial charge in [0, 0.05) is 33.2 Å². The van der Waals surface area contributed by atoms with Crippen LogP contribution in [0, 0.1) is 0 Å². The maximum absolute atomic E-state index is 11.3. The van der Waals surface area contributed by atoms with E-state index in [1.165, 1.54) is 0 Å². The van der Waals surface area contributed by atoms with Gasteiger partial charge in [-0.05, 0) is 18.6 Å². The van der Waals surface area contributed by atoms with Crippen molar-refractivity contribution in [3.8, 4) is 5.75 Å². The zero-order valence-electron chi connectivity index (χ0n) is 13.9. The van der Waals surface area contributed by atoms with Gasteiger partial charge in [-0.25, -0.2) is 0 Å². The summed E-state index contributed by atoms with van der Waals surface area (Å²) in [4.78, 5) is 17.8. The number of methoxy groups -OCH3 is 1. The topological polar surface area (TPSA) is 78.0 Å². The van der Waals surface area contributed by atoms with Crippen LogP contribution in [0.4, 0.5) is 5.69 Å². The van der Waals surface area contributed by atoms with Crippen molar-refractivity contribution in [3.63, 3.8) is 0 Å². The summed E-state index contributed by atoms with van der Waals surface area (Å²) < 4.78 is 5.43. The van der Waals surface area contributed by atoms with E-state index >= 15 is 0 Å². The summed E-state index contributed by atoms with van der Waals surface area (Å²) in [6.45, 7) is 2.02. The van der Waals surface area contributed by atoms with E-state index in [0.717, 1.165) is 30.9 Å². The Bertz CT molecular complexity index is 561. The van der Waals surface area contributed by atoms with Crippen LogP contribution in [0.5, 0.6) is 5.75 Å². The van der Waals surface area contributed by atoms with Crippen molar-refractivity contribution in [1.29, 1.82) is 0 Å². The van der Waals surface area contributed by atoms with Gasteiger partial charge < -0.3 is 25.6 Å².